The molecule has 0 radical (unpaired) electrons. The fourth-order valence-corrected chi connectivity index (χ4v) is 3.33. The van der Waals surface area contributed by atoms with Crippen molar-refractivity contribution >= 4 is 11.6 Å². The number of nitrogens with zero attached hydrogens (tertiary/aromatic N) is 4. The van der Waals surface area contributed by atoms with Crippen molar-refractivity contribution in [1.82, 2.24) is 25.1 Å². The molecular formula is C23H22N6O. The zero-order valence-electron chi connectivity index (χ0n) is 16.3. The molecule has 2 aromatic heterocycles. The minimum atomic E-state index is -0.157. The lowest BCUT2D eigenvalue weighted by Crippen LogP contribution is -2.29. The van der Waals surface area contributed by atoms with Crippen molar-refractivity contribution in [2.45, 2.75) is 19.0 Å². The third kappa shape index (κ3) is 4.52. The van der Waals surface area contributed by atoms with Gasteiger partial charge in [0.05, 0.1) is 6.04 Å². The molecule has 1 amide bonds. The summed E-state index contributed by atoms with van der Waals surface area (Å²) in [5.41, 5.74) is 9.96. The molecule has 0 aliphatic heterocycles. The number of rotatable bonds is 7. The van der Waals surface area contributed by atoms with Crippen LogP contribution in [0.4, 0.5) is 5.69 Å². The second-order valence-electron chi connectivity index (χ2n) is 6.93. The summed E-state index contributed by atoms with van der Waals surface area (Å²) >= 11 is 0. The van der Waals surface area contributed by atoms with Crippen LogP contribution in [0.3, 0.4) is 0 Å². The van der Waals surface area contributed by atoms with Crippen LogP contribution in [0.15, 0.2) is 85.7 Å². The van der Waals surface area contributed by atoms with Crippen molar-refractivity contribution in [3.63, 3.8) is 0 Å². The van der Waals surface area contributed by atoms with Crippen molar-refractivity contribution in [2.75, 3.05) is 5.73 Å². The van der Waals surface area contributed by atoms with Gasteiger partial charge in [0.15, 0.2) is 0 Å². The van der Waals surface area contributed by atoms with E-state index in [0.717, 1.165) is 16.7 Å². The van der Waals surface area contributed by atoms with Gasteiger partial charge in [0.1, 0.15) is 12.7 Å². The fourth-order valence-electron chi connectivity index (χ4n) is 3.33. The summed E-state index contributed by atoms with van der Waals surface area (Å²) in [7, 11) is 0. The summed E-state index contributed by atoms with van der Waals surface area (Å²) < 4.78 is 1.76. The first-order valence-corrected chi connectivity index (χ1v) is 9.69. The minimum Gasteiger partial charge on any atom is -0.398 e. The van der Waals surface area contributed by atoms with Gasteiger partial charge in [-0.25, -0.2) is 4.98 Å². The van der Waals surface area contributed by atoms with Gasteiger partial charge in [0.25, 0.3) is 5.91 Å². The largest absolute Gasteiger partial charge is 0.398 e. The average Bonchev–Trinajstić information content (AvgIpc) is 3.31. The number of aryl methyl sites for hydroxylation is 1. The second kappa shape index (κ2) is 9.00. The molecule has 0 aliphatic rings. The SMILES string of the molecule is Nc1ccncc1-c1cccc(C(=O)NC(CCn2cncn2)c2ccccc2)c1. The molecule has 0 aliphatic carbocycles. The molecule has 0 spiro atoms. The Kier molecular flexibility index (Phi) is 5.80. The Balaban J connectivity index is 1.55. The molecule has 7 heteroatoms. The van der Waals surface area contributed by atoms with Crippen molar-refractivity contribution in [1.29, 1.82) is 0 Å². The molecule has 4 aromatic rings. The summed E-state index contributed by atoms with van der Waals surface area (Å²) in [6, 6.07) is 18.9. The van der Waals surface area contributed by atoms with Crippen molar-refractivity contribution in [2.24, 2.45) is 0 Å². The first-order chi connectivity index (χ1) is 14.7. The zero-order valence-corrected chi connectivity index (χ0v) is 16.3. The van der Waals surface area contributed by atoms with Crippen LogP contribution < -0.4 is 11.1 Å². The number of carbonyl (C=O) groups excluding carboxylic acids is 1. The van der Waals surface area contributed by atoms with Gasteiger partial charge < -0.3 is 11.1 Å². The maximum atomic E-state index is 13.1. The van der Waals surface area contributed by atoms with Crippen LogP contribution >= 0.6 is 0 Å². The molecule has 0 saturated heterocycles. The van der Waals surface area contributed by atoms with E-state index in [1.807, 2.05) is 48.5 Å². The summed E-state index contributed by atoms with van der Waals surface area (Å²) in [5.74, 6) is -0.147. The van der Waals surface area contributed by atoms with E-state index in [2.05, 4.69) is 20.4 Å². The molecular weight excluding hydrogens is 376 g/mol. The third-order valence-corrected chi connectivity index (χ3v) is 4.91. The highest BCUT2D eigenvalue weighted by Crippen LogP contribution is 2.26. The highest BCUT2D eigenvalue weighted by atomic mass is 16.1. The van der Waals surface area contributed by atoms with Crippen LogP contribution in [0.25, 0.3) is 11.1 Å². The number of nitrogens with one attached hydrogen (secondary N) is 1. The van der Waals surface area contributed by atoms with E-state index >= 15 is 0 Å². The Morgan fingerprint density at radius 1 is 1.07 bits per heavy atom. The number of amides is 1. The van der Waals surface area contributed by atoms with Crippen LogP contribution in [-0.4, -0.2) is 25.7 Å². The topological polar surface area (TPSA) is 98.7 Å². The third-order valence-electron chi connectivity index (χ3n) is 4.91. The molecule has 2 heterocycles. The monoisotopic (exact) mass is 398 g/mol. The van der Waals surface area contributed by atoms with Gasteiger partial charge in [-0.05, 0) is 35.7 Å². The number of aromatic nitrogens is 4. The van der Waals surface area contributed by atoms with E-state index in [0.29, 0.717) is 24.2 Å². The second-order valence-corrected chi connectivity index (χ2v) is 6.93. The van der Waals surface area contributed by atoms with E-state index in [9.17, 15) is 4.79 Å². The summed E-state index contributed by atoms with van der Waals surface area (Å²) in [5, 5.41) is 7.31. The van der Waals surface area contributed by atoms with Crippen molar-refractivity contribution in [3.05, 3.63) is 96.8 Å². The molecule has 0 bridgehead atoms. The van der Waals surface area contributed by atoms with Crippen LogP contribution in [0.5, 0.6) is 0 Å². The quantitative estimate of drug-likeness (QED) is 0.497. The normalized spacial score (nSPS) is 11.7. The summed E-state index contributed by atoms with van der Waals surface area (Å²) in [4.78, 5) is 21.2. The molecule has 7 nitrogen and oxygen atoms in total. The highest BCUT2D eigenvalue weighted by molar-refractivity contribution is 5.96. The van der Waals surface area contributed by atoms with Crippen molar-refractivity contribution < 1.29 is 4.79 Å². The molecule has 1 unspecified atom stereocenters. The van der Waals surface area contributed by atoms with Gasteiger partial charge in [-0.1, -0.05) is 42.5 Å². The lowest BCUT2D eigenvalue weighted by atomic mass is 10.0. The van der Waals surface area contributed by atoms with E-state index < -0.39 is 0 Å². The van der Waals surface area contributed by atoms with Crippen LogP contribution in [0.1, 0.15) is 28.4 Å². The number of nitrogens with two attached hydrogens (primary N) is 1. The lowest BCUT2D eigenvalue weighted by molar-refractivity contribution is 0.0933. The smallest absolute Gasteiger partial charge is 0.251 e. The van der Waals surface area contributed by atoms with E-state index in [4.69, 9.17) is 5.73 Å². The molecule has 4 rings (SSSR count). The number of pyridine rings is 1. The standard InChI is InChI=1S/C23H22N6O/c24-21-9-11-25-14-20(21)18-7-4-8-19(13-18)23(30)28-22(17-5-2-1-3-6-17)10-12-29-16-26-15-27-29/h1-9,11,13-16,22H,10,12H2,(H2,24,25)(H,28,30). The molecule has 150 valence electrons. The van der Waals surface area contributed by atoms with E-state index in [1.165, 1.54) is 6.33 Å². The van der Waals surface area contributed by atoms with Gasteiger partial charge in [0, 0.05) is 35.8 Å². The van der Waals surface area contributed by atoms with Crippen LogP contribution in [0.2, 0.25) is 0 Å². The molecule has 3 N–H and O–H groups in total. The predicted molar refractivity (Wildman–Crippen MR) is 115 cm³/mol. The number of anilines is 1. The molecule has 2 aromatic carbocycles. The van der Waals surface area contributed by atoms with Gasteiger partial charge in [-0.2, -0.15) is 5.10 Å². The van der Waals surface area contributed by atoms with E-state index in [-0.39, 0.29) is 11.9 Å². The Hall–Kier alpha value is -4.00. The predicted octanol–water partition coefficient (Wildman–Crippen LogP) is 3.48. The number of nitrogen functional groups attached to an aromatic ring is 1. The van der Waals surface area contributed by atoms with Gasteiger partial charge >= 0.3 is 0 Å². The maximum absolute atomic E-state index is 13.1. The number of hydrogen-bond acceptors (Lipinski definition) is 5. The van der Waals surface area contributed by atoms with Crippen molar-refractivity contribution in [3.8, 4) is 11.1 Å². The van der Waals surface area contributed by atoms with Gasteiger partial charge in [-0.15, -0.1) is 0 Å². The average molecular weight is 398 g/mol. The molecule has 30 heavy (non-hydrogen) atoms. The number of benzene rings is 2. The molecule has 1 atom stereocenters. The minimum absolute atomic E-state index is 0.147. The first-order valence-electron chi connectivity index (χ1n) is 9.69. The van der Waals surface area contributed by atoms with Gasteiger partial charge in [-0.3, -0.25) is 14.5 Å². The maximum Gasteiger partial charge on any atom is 0.251 e. The molecule has 0 saturated carbocycles. The Morgan fingerprint density at radius 3 is 2.70 bits per heavy atom. The first kappa shape index (κ1) is 19.3. The van der Waals surface area contributed by atoms with Gasteiger partial charge in [0.2, 0.25) is 0 Å². The Labute approximate surface area is 174 Å². The number of carbonyl (C=O) groups is 1. The number of hydrogen-bond donors (Lipinski definition) is 2. The van der Waals surface area contributed by atoms with E-state index in [1.54, 1.807) is 35.5 Å². The Morgan fingerprint density at radius 2 is 1.93 bits per heavy atom. The fraction of sp³-hybridized carbons (Fsp3) is 0.130. The zero-order chi connectivity index (χ0) is 20.8. The van der Waals surface area contributed by atoms with Crippen LogP contribution in [0, 0.1) is 0 Å². The lowest BCUT2D eigenvalue weighted by Gasteiger charge is -2.19. The summed E-state index contributed by atoms with van der Waals surface area (Å²) in [6.07, 6.45) is 7.22. The molecule has 0 fully saturated rings. The summed E-state index contributed by atoms with van der Waals surface area (Å²) in [6.45, 7) is 0.645. The Bertz CT molecular complexity index is 1110. The van der Waals surface area contributed by atoms with Crippen LogP contribution in [-0.2, 0) is 6.54 Å². The highest BCUT2D eigenvalue weighted by Gasteiger charge is 2.17.